The van der Waals surface area contributed by atoms with Crippen LogP contribution >= 0.6 is 27.3 Å². The van der Waals surface area contributed by atoms with Gasteiger partial charge in [-0.1, -0.05) is 0 Å². The molecule has 1 aromatic carbocycles. The fraction of sp³-hybridized carbons (Fsp3) is 0.111. The number of thiazole rings is 1. The first-order valence-electron chi connectivity index (χ1n) is 7.72. The molecule has 0 atom stereocenters. The Hall–Kier alpha value is -2.58. The van der Waals surface area contributed by atoms with Crippen molar-refractivity contribution in [1.82, 2.24) is 15.3 Å². The summed E-state index contributed by atoms with van der Waals surface area (Å²) in [6.07, 6.45) is 3.14. The Morgan fingerprint density at radius 1 is 1.15 bits per heavy atom. The van der Waals surface area contributed by atoms with Crippen molar-refractivity contribution in [2.45, 2.75) is 13.5 Å². The zero-order chi connectivity index (χ0) is 18.5. The van der Waals surface area contributed by atoms with E-state index in [-0.39, 0.29) is 11.7 Å². The first-order chi connectivity index (χ1) is 12.5. The van der Waals surface area contributed by atoms with Crippen molar-refractivity contribution in [3.8, 4) is 0 Å². The van der Waals surface area contributed by atoms with Gasteiger partial charge < -0.3 is 10.6 Å². The minimum absolute atomic E-state index is 0.0319. The van der Waals surface area contributed by atoms with E-state index in [0.29, 0.717) is 22.8 Å². The van der Waals surface area contributed by atoms with Crippen LogP contribution in [0.25, 0.3) is 0 Å². The number of ketones is 1. The lowest BCUT2D eigenvalue weighted by atomic mass is 10.1. The maximum Gasteiger partial charge on any atom is 0.253 e. The highest BCUT2D eigenvalue weighted by atomic mass is 79.9. The molecule has 3 aromatic rings. The van der Waals surface area contributed by atoms with Gasteiger partial charge in [-0.3, -0.25) is 14.6 Å². The number of amides is 1. The molecule has 8 heteroatoms. The van der Waals surface area contributed by atoms with Gasteiger partial charge in [-0.05, 0) is 53.2 Å². The molecule has 0 unspecified atom stereocenters. The minimum Gasteiger partial charge on any atom is -0.346 e. The molecule has 0 bridgehead atoms. The van der Waals surface area contributed by atoms with Gasteiger partial charge in [0.25, 0.3) is 5.91 Å². The van der Waals surface area contributed by atoms with E-state index < -0.39 is 0 Å². The third kappa shape index (κ3) is 4.74. The van der Waals surface area contributed by atoms with Crippen LogP contribution < -0.4 is 10.6 Å². The molecule has 2 aromatic heterocycles. The molecule has 0 aliphatic heterocycles. The minimum atomic E-state index is -0.207. The molecular formula is C18H15BrN4O2S. The molecular weight excluding hydrogens is 416 g/mol. The second-order valence-electron chi connectivity index (χ2n) is 5.48. The lowest BCUT2D eigenvalue weighted by Crippen LogP contribution is -2.23. The number of halogens is 1. The lowest BCUT2D eigenvalue weighted by Gasteiger charge is -2.04. The van der Waals surface area contributed by atoms with E-state index in [0.717, 1.165) is 15.9 Å². The molecule has 0 spiro atoms. The number of pyridine rings is 1. The number of nitrogens with zero attached hydrogens (tertiary/aromatic N) is 2. The van der Waals surface area contributed by atoms with E-state index in [4.69, 9.17) is 0 Å². The Bertz CT molecular complexity index is 940. The molecule has 2 heterocycles. The summed E-state index contributed by atoms with van der Waals surface area (Å²) in [7, 11) is 0. The van der Waals surface area contributed by atoms with Crippen LogP contribution in [0.3, 0.4) is 0 Å². The van der Waals surface area contributed by atoms with Crippen molar-refractivity contribution < 1.29 is 9.59 Å². The Balaban J connectivity index is 1.57. The molecule has 0 saturated carbocycles. The highest BCUT2D eigenvalue weighted by Crippen LogP contribution is 2.21. The Morgan fingerprint density at radius 2 is 1.92 bits per heavy atom. The van der Waals surface area contributed by atoms with Crippen molar-refractivity contribution in [2.75, 3.05) is 5.32 Å². The van der Waals surface area contributed by atoms with Crippen LogP contribution in [-0.4, -0.2) is 21.7 Å². The molecule has 0 aliphatic rings. The Labute approximate surface area is 162 Å². The predicted octanol–water partition coefficient (Wildman–Crippen LogP) is 4.18. The number of Topliss-reactive ketones (excluding diaryl/α,β-unsaturated/α-hetero) is 1. The van der Waals surface area contributed by atoms with Crippen molar-refractivity contribution >= 4 is 49.8 Å². The van der Waals surface area contributed by atoms with Gasteiger partial charge >= 0.3 is 0 Å². The largest absolute Gasteiger partial charge is 0.346 e. The quantitative estimate of drug-likeness (QED) is 0.573. The first-order valence-corrected chi connectivity index (χ1v) is 9.40. The van der Waals surface area contributed by atoms with E-state index >= 15 is 0 Å². The maximum atomic E-state index is 12.1. The van der Waals surface area contributed by atoms with Gasteiger partial charge in [0.15, 0.2) is 10.9 Å². The third-order valence-corrected chi connectivity index (χ3v) is 4.73. The number of nitrogens with one attached hydrogen (secondary N) is 2. The molecule has 0 radical (unpaired) electrons. The Morgan fingerprint density at radius 3 is 2.62 bits per heavy atom. The number of anilines is 2. The summed E-state index contributed by atoms with van der Waals surface area (Å²) in [5, 5.41) is 8.60. The molecule has 1 amide bonds. The fourth-order valence-corrected chi connectivity index (χ4v) is 3.26. The third-order valence-electron chi connectivity index (χ3n) is 3.49. The summed E-state index contributed by atoms with van der Waals surface area (Å²) in [6, 6.07) is 8.91. The average Bonchev–Trinajstić information content (AvgIpc) is 3.07. The average molecular weight is 431 g/mol. The number of benzene rings is 1. The summed E-state index contributed by atoms with van der Waals surface area (Å²) in [4.78, 5) is 31.8. The second kappa shape index (κ2) is 8.20. The fourth-order valence-electron chi connectivity index (χ4n) is 2.17. The highest BCUT2D eigenvalue weighted by Gasteiger charge is 2.08. The lowest BCUT2D eigenvalue weighted by molar-refractivity contribution is 0.0949. The number of hydrogen-bond donors (Lipinski definition) is 2. The number of rotatable bonds is 6. The zero-order valence-corrected chi connectivity index (χ0v) is 16.2. The van der Waals surface area contributed by atoms with Crippen LogP contribution in [0.15, 0.2) is 52.6 Å². The van der Waals surface area contributed by atoms with E-state index in [2.05, 4.69) is 36.5 Å². The van der Waals surface area contributed by atoms with Gasteiger partial charge in [-0.25, -0.2) is 4.98 Å². The Kier molecular flexibility index (Phi) is 5.75. The summed E-state index contributed by atoms with van der Waals surface area (Å²) in [5.74, 6) is -0.175. The second-order valence-corrected chi connectivity index (χ2v) is 7.25. The molecule has 132 valence electrons. The van der Waals surface area contributed by atoms with Gasteiger partial charge in [0.1, 0.15) is 0 Å². The van der Waals surface area contributed by atoms with Gasteiger partial charge in [0.05, 0.1) is 17.8 Å². The molecule has 0 saturated heterocycles. The number of carbonyl (C=O) groups excluding carboxylic acids is 2. The predicted molar refractivity (Wildman–Crippen MR) is 105 cm³/mol. The normalized spacial score (nSPS) is 10.4. The van der Waals surface area contributed by atoms with Gasteiger partial charge in [-0.15, -0.1) is 11.3 Å². The van der Waals surface area contributed by atoms with E-state index in [9.17, 15) is 9.59 Å². The summed E-state index contributed by atoms with van der Waals surface area (Å²) < 4.78 is 0.751. The standard InChI is InChI=1S/C18H15BrN4O2S/c1-11(24)12-2-4-15(5-3-12)22-18-23-16(10-26-18)9-21-17(25)13-6-14(19)8-20-7-13/h2-8,10H,9H2,1H3,(H,21,25)(H,22,23). The smallest absolute Gasteiger partial charge is 0.253 e. The summed E-state index contributed by atoms with van der Waals surface area (Å²) in [6.45, 7) is 1.86. The monoisotopic (exact) mass is 430 g/mol. The number of aromatic nitrogens is 2. The van der Waals surface area contributed by atoms with Crippen LogP contribution in [0.4, 0.5) is 10.8 Å². The summed E-state index contributed by atoms with van der Waals surface area (Å²) in [5.41, 5.74) is 2.76. The molecule has 3 rings (SSSR count). The van der Waals surface area contributed by atoms with Gasteiger partial charge in [-0.2, -0.15) is 0 Å². The van der Waals surface area contributed by atoms with E-state index in [1.54, 1.807) is 24.4 Å². The summed E-state index contributed by atoms with van der Waals surface area (Å²) >= 11 is 4.74. The number of hydrogen-bond acceptors (Lipinski definition) is 6. The maximum absolute atomic E-state index is 12.1. The SMILES string of the molecule is CC(=O)c1ccc(Nc2nc(CNC(=O)c3cncc(Br)c3)cs2)cc1. The van der Waals surface area contributed by atoms with Crippen LogP contribution in [-0.2, 0) is 6.54 Å². The van der Waals surface area contributed by atoms with E-state index in [1.807, 2.05) is 17.5 Å². The zero-order valence-electron chi connectivity index (χ0n) is 13.8. The highest BCUT2D eigenvalue weighted by molar-refractivity contribution is 9.10. The molecule has 0 aliphatic carbocycles. The molecule has 6 nitrogen and oxygen atoms in total. The van der Waals surface area contributed by atoms with Crippen LogP contribution in [0.2, 0.25) is 0 Å². The molecule has 26 heavy (non-hydrogen) atoms. The first kappa shape index (κ1) is 18.2. The number of carbonyl (C=O) groups is 2. The van der Waals surface area contributed by atoms with Gasteiger partial charge in [0, 0.05) is 33.5 Å². The van der Waals surface area contributed by atoms with Crippen molar-refractivity contribution in [3.05, 3.63) is 69.4 Å². The van der Waals surface area contributed by atoms with Crippen molar-refractivity contribution in [1.29, 1.82) is 0 Å². The van der Waals surface area contributed by atoms with Crippen LogP contribution in [0.1, 0.15) is 33.3 Å². The molecule has 0 fully saturated rings. The topological polar surface area (TPSA) is 84.0 Å². The van der Waals surface area contributed by atoms with E-state index in [1.165, 1.54) is 24.5 Å². The molecule has 2 N–H and O–H groups in total. The van der Waals surface area contributed by atoms with Crippen molar-refractivity contribution in [3.63, 3.8) is 0 Å². The van der Waals surface area contributed by atoms with Gasteiger partial charge in [0.2, 0.25) is 0 Å². The van der Waals surface area contributed by atoms with Crippen LogP contribution in [0, 0.1) is 0 Å². The van der Waals surface area contributed by atoms with Crippen molar-refractivity contribution in [2.24, 2.45) is 0 Å². The van der Waals surface area contributed by atoms with Crippen LogP contribution in [0.5, 0.6) is 0 Å².